The number of rotatable bonds is 6. The Kier molecular flexibility index (Phi) is 5.32. The van der Waals surface area contributed by atoms with Gasteiger partial charge in [0.05, 0.1) is 19.6 Å². The van der Waals surface area contributed by atoms with E-state index in [0.717, 1.165) is 16.5 Å². The normalized spacial score (nSPS) is 16.2. The molecule has 2 aromatic rings. The lowest BCUT2D eigenvalue weighted by Crippen LogP contribution is -2.45. The Morgan fingerprint density at radius 2 is 2.12 bits per heavy atom. The van der Waals surface area contributed by atoms with Crippen molar-refractivity contribution in [3.05, 3.63) is 40.8 Å². The molecule has 6 nitrogen and oxygen atoms in total. The predicted octanol–water partition coefficient (Wildman–Crippen LogP) is 1.87. The second-order valence-electron chi connectivity index (χ2n) is 5.94. The number of fused-ring (bicyclic) bond motifs is 1. The van der Waals surface area contributed by atoms with Crippen LogP contribution in [0.15, 0.2) is 35.8 Å². The summed E-state index contributed by atoms with van der Waals surface area (Å²) in [7, 11) is 3.77. The fourth-order valence-electron chi connectivity index (χ4n) is 2.52. The summed E-state index contributed by atoms with van der Waals surface area (Å²) in [6.07, 6.45) is 1.57. The first kappa shape index (κ1) is 16.7. The zero-order valence-corrected chi connectivity index (χ0v) is 14.7. The average Bonchev–Trinajstić information content (AvgIpc) is 3.06. The van der Waals surface area contributed by atoms with Gasteiger partial charge in [0.25, 0.3) is 0 Å². The summed E-state index contributed by atoms with van der Waals surface area (Å²) < 4.78 is 11.7. The van der Waals surface area contributed by atoms with Gasteiger partial charge in [0.1, 0.15) is 11.6 Å². The summed E-state index contributed by atoms with van der Waals surface area (Å²) in [6, 6.07) is 7.59. The van der Waals surface area contributed by atoms with Gasteiger partial charge in [-0.3, -0.25) is 4.79 Å². The Balaban J connectivity index is 1.68. The minimum Gasteiger partial charge on any atom is -0.486 e. The van der Waals surface area contributed by atoms with E-state index in [0.29, 0.717) is 26.2 Å². The van der Waals surface area contributed by atoms with Crippen LogP contribution in [0.5, 0.6) is 11.5 Å². The van der Waals surface area contributed by atoms with Gasteiger partial charge in [-0.15, -0.1) is 11.3 Å². The zero-order valence-electron chi connectivity index (χ0n) is 13.8. The first-order valence-corrected chi connectivity index (χ1v) is 8.69. The molecule has 0 unspecified atom stereocenters. The van der Waals surface area contributed by atoms with Crippen molar-refractivity contribution >= 4 is 17.2 Å². The quantitative estimate of drug-likeness (QED) is 0.798. The van der Waals surface area contributed by atoms with Crippen molar-refractivity contribution in [3.8, 4) is 11.5 Å². The number of carbonyl (C=O) groups is 1. The maximum absolute atomic E-state index is 12.6. The van der Waals surface area contributed by atoms with Crippen molar-refractivity contribution in [2.45, 2.75) is 12.6 Å². The minimum atomic E-state index is -0.189. The van der Waals surface area contributed by atoms with E-state index in [2.05, 4.69) is 4.98 Å². The van der Waals surface area contributed by atoms with E-state index in [4.69, 9.17) is 9.47 Å². The Morgan fingerprint density at radius 3 is 2.83 bits per heavy atom. The smallest absolute Gasteiger partial charge is 0.237 e. The van der Waals surface area contributed by atoms with Gasteiger partial charge in [0, 0.05) is 11.6 Å². The molecular formula is C17H21N3O3S. The van der Waals surface area contributed by atoms with Crippen molar-refractivity contribution in [2.24, 2.45) is 0 Å². The second kappa shape index (κ2) is 7.63. The number of nitrogens with zero attached hydrogens (tertiary/aromatic N) is 3. The topological polar surface area (TPSA) is 54.9 Å². The van der Waals surface area contributed by atoms with Crippen LogP contribution in [0.3, 0.4) is 0 Å². The van der Waals surface area contributed by atoms with Gasteiger partial charge in [-0.2, -0.15) is 0 Å². The number of aromatic nitrogens is 1. The molecule has 0 saturated heterocycles. The number of hydrogen-bond donors (Lipinski definition) is 0. The van der Waals surface area contributed by atoms with Crippen LogP contribution >= 0.6 is 11.3 Å². The molecule has 0 fully saturated rings. The summed E-state index contributed by atoms with van der Waals surface area (Å²) in [6.45, 7) is 1.75. The van der Waals surface area contributed by atoms with Crippen LogP contribution in [0.1, 0.15) is 5.01 Å². The lowest BCUT2D eigenvalue weighted by molar-refractivity contribution is -0.134. The van der Waals surface area contributed by atoms with Crippen LogP contribution in [-0.2, 0) is 11.3 Å². The van der Waals surface area contributed by atoms with Gasteiger partial charge in [0.2, 0.25) is 5.91 Å². The van der Waals surface area contributed by atoms with Crippen molar-refractivity contribution in [2.75, 3.05) is 33.8 Å². The highest BCUT2D eigenvalue weighted by Gasteiger charge is 2.26. The van der Waals surface area contributed by atoms with E-state index in [1.165, 1.54) is 0 Å². The van der Waals surface area contributed by atoms with Gasteiger partial charge in [-0.25, -0.2) is 4.98 Å². The Labute approximate surface area is 145 Å². The summed E-state index contributed by atoms with van der Waals surface area (Å²) in [5.41, 5.74) is 0. The number of para-hydroxylation sites is 2. The maximum atomic E-state index is 12.6. The molecule has 0 N–H and O–H groups in total. The maximum Gasteiger partial charge on any atom is 0.237 e. The van der Waals surface area contributed by atoms with E-state index in [-0.39, 0.29) is 12.0 Å². The molecule has 0 spiro atoms. The molecule has 3 rings (SSSR count). The third-order valence-electron chi connectivity index (χ3n) is 3.61. The number of hydrogen-bond acceptors (Lipinski definition) is 6. The molecule has 1 aliphatic rings. The highest BCUT2D eigenvalue weighted by atomic mass is 32.1. The Bertz CT molecular complexity index is 675. The van der Waals surface area contributed by atoms with Gasteiger partial charge < -0.3 is 19.3 Å². The van der Waals surface area contributed by atoms with Crippen LogP contribution in [0, 0.1) is 0 Å². The van der Waals surface area contributed by atoms with Gasteiger partial charge in [0.15, 0.2) is 17.6 Å². The van der Waals surface area contributed by atoms with E-state index >= 15 is 0 Å². The monoisotopic (exact) mass is 347 g/mol. The summed E-state index contributed by atoms with van der Waals surface area (Å²) in [5, 5.41) is 2.83. The number of carbonyl (C=O) groups excluding carboxylic acids is 1. The first-order valence-electron chi connectivity index (χ1n) is 7.81. The van der Waals surface area contributed by atoms with E-state index < -0.39 is 0 Å². The molecule has 1 aliphatic heterocycles. The molecule has 2 heterocycles. The molecule has 128 valence electrons. The highest BCUT2D eigenvalue weighted by Crippen LogP contribution is 2.31. The molecule has 1 amide bonds. The molecule has 7 heteroatoms. The van der Waals surface area contributed by atoms with Crippen molar-refractivity contribution in [1.82, 2.24) is 14.8 Å². The molecule has 0 saturated carbocycles. The van der Waals surface area contributed by atoms with E-state index in [9.17, 15) is 4.79 Å². The summed E-state index contributed by atoms with van der Waals surface area (Å²) in [5.74, 6) is 1.53. The molecular weight excluding hydrogens is 326 g/mol. The molecule has 1 atom stereocenters. The molecule has 0 radical (unpaired) electrons. The van der Waals surface area contributed by atoms with Crippen LogP contribution in [0.25, 0.3) is 0 Å². The van der Waals surface area contributed by atoms with Crippen LogP contribution in [0.2, 0.25) is 0 Å². The number of benzene rings is 1. The van der Waals surface area contributed by atoms with Crippen molar-refractivity contribution in [3.63, 3.8) is 0 Å². The molecule has 1 aromatic carbocycles. The molecule has 1 aromatic heterocycles. The Hall–Kier alpha value is -2.12. The number of thiazole rings is 1. The van der Waals surface area contributed by atoms with E-state index in [1.54, 1.807) is 22.4 Å². The summed E-state index contributed by atoms with van der Waals surface area (Å²) in [4.78, 5) is 20.5. The standard InChI is InChI=1S/C17H21N3O3S/c1-19(2)11-17(21)20(10-16-18-7-8-24-16)9-13-12-22-14-5-3-4-6-15(14)23-13/h3-8,13H,9-12H2,1-2H3/t13-/m0/s1. The largest absolute Gasteiger partial charge is 0.486 e. The van der Waals surface area contributed by atoms with Crippen LogP contribution in [-0.4, -0.2) is 60.6 Å². The van der Waals surface area contributed by atoms with Crippen molar-refractivity contribution in [1.29, 1.82) is 0 Å². The van der Waals surface area contributed by atoms with Crippen LogP contribution in [0.4, 0.5) is 0 Å². The fourth-order valence-corrected chi connectivity index (χ4v) is 3.15. The average molecular weight is 347 g/mol. The van der Waals surface area contributed by atoms with Gasteiger partial charge in [-0.05, 0) is 26.2 Å². The van der Waals surface area contributed by atoms with Gasteiger partial charge >= 0.3 is 0 Å². The fraction of sp³-hybridized carbons (Fsp3) is 0.412. The number of ether oxygens (including phenoxy) is 2. The number of amides is 1. The van der Waals surface area contributed by atoms with Gasteiger partial charge in [-0.1, -0.05) is 12.1 Å². The summed E-state index contributed by atoms with van der Waals surface area (Å²) >= 11 is 1.55. The lowest BCUT2D eigenvalue weighted by Gasteiger charge is -2.31. The lowest BCUT2D eigenvalue weighted by atomic mass is 10.2. The zero-order chi connectivity index (χ0) is 16.9. The third kappa shape index (κ3) is 4.24. The molecule has 24 heavy (non-hydrogen) atoms. The minimum absolute atomic E-state index is 0.0534. The first-order chi connectivity index (χ1) is 11.6. The Morgan fingerprint density at radius 1 is 1.33 bits per heavy atom. The SMILES string of the molecule is CN(C)CC(=O)N(Cc1nccs1)C[C@H]1COc2ccccc2O1. The number of likely N-dealkylation sites (N-methyl/N-ethyl adjacent to an activating group) is 1. The third-order valence-corrected chi connectivity index (χ3v) is 4.37. The highest BCUT2D eigenvalue weighted by molar-refractivity contribution is 7.09. The predicted molar refractivity (Wildman–Crippen MR) is 92.4 cm³/mol. The van der Waals surface area contributed by atoms with Crippen molar-refractivity contribution < 1.29 is 14.3 Å². The van der Waals surface area contributed by atoms with Crippen LogP contribution < -0.4 is 9.47 Å². The van der Waals surface area contributed by atoms with E-state index in [1.807, 2.05) is 48.6 Å². The molecule has 0 bridgehead atoms. The molecule has 0 aliphatic carbocycles. The second-order valence-corrected chi connectivity index (χ2v) is 6.91.